The molecule has 0 aromatic carbocycles. The van der Waals surface area contributed by atoms with Crippen molar-refractivity contribution in [2.45, 2.75) is 64.0 Å². The molecule has 1 aliphatic heterocycles. The first-order chi connectivity index (χ1) is 16.0. The number of hydrogen-bond donors (Lipinski definition) is 5. The second kappa shape index (κ2) is 14.4. The highest BCUT2D eigenvalue weighted by Gasteiger charge is 2.27. The van der Waals surface area contributed by atoms with E-state index in [1.807, 2.05) is 0 Å². The minimum absolute atomic E-state index is 0.0124. The maximum Gasteiger partial charge on any atom is 0.312 e. The number of ketones is 1. The molecular weight excluding hydrogens is 450 g/mol. The van der Waals surface area contributed by atoms with E-state index in [0.29, 0.717) is 25.7 Å². The number of unbranched alkanes of at least 4 members (excludes halogenated alkanes) is 2. The second-order valence-corrected chi connectivity index (χ2v) is 7.80. The van der Waals surface area contributed by atoms with Crippen LogP contribution in [0.15, 0.2) is 12.2 Å². The van der Waals surface area contributed by atoms with Crippen LogP contribution in [0, 0.1) is 0 Å². The van der Waals surface area contributed by atoms with Crippen molar-refractivity contribution in [3.8, 4) is 0 Å². The fourth-order valence-corrected chi connectivity index (χ4v) is 3.20. The van der Waals surface area contributed by atoms with E-state index < -0.39 is 42.3 Å². The van der Waals surface area contributed by atoms with Crippen LogP contribution in [0.4, 0.5) is 4.79 Å². The summed E-state index contributed by atoms with van der Waals surface area (Å²) < 4.78 is 0. The van der Waals surface area contributed by atoms with Gasteiger partial charge in [0.15, 0.2) is 5.78 Å². The molecule has 0 bridgehead atoms. The van der Waals surface area contributed by atoms with Gasteiger partial charge in [-0.05, 0) is 32.6 Å². The van der Waals surface area contributed by atoms with Gasteiger partial charge in [0, 0.05) is 31.7 Å². The molecule has 0 spiro atoms. The number of amides is 6. The highest BCUT2D eigenvalue weighted by atomic mass is 16.4. The summed E-state index contributed by atoms with van der Waals surface area (Å²) in [7, 11) is 0. The van der Waals surface area contributed by atoms with E-state index >= 15 is 0 Å². The summed E-state index contributed by atoms with van der Waals surface area (Å²) in [4.78, 5) is 82.5. The molecule has 1 aliphatic rings. The Morgan fingerprint density at radius 1 is 0.971 bits per heavy atom. The number of carbonyl (C=O) groups is 7. The van der Waals surface area contributed by atoms with E-state index in [1.54, 1.807) is 0 Å². The molecule has 1 heterocycles. The number of carboxylic acid groups (broad SMARTS) is 1. The number of aliphatic carboxylic acids is 1. The van der Waals surface area contributed by atoms with E-state index in [2.05, 4.69) is 16.0 Å². The van der Waals surface area contributed by atoms with E-state index in [0.717, 1.165) is 4.90 Å². The SMILES string of the molecule is CC(=O)[C@H](CCCNC(N)=O)NC(=O)[C@H](CC(=O)O)NC(=O)CCCCCN1C(=O)C=CC1=O. The third kappa shape index (κ3) is 10.7. The Labute approximate surface area is 196 Å². The highest BCUT2D eigenvalue weighted by Crippen LogP contribution is 2.08. The minimum Gasteiger partial charge on any atom is -0.481 e. The number of rotatable bonds is 16. The van der Waals surface area contributed by atoms with Crippen LogP contribution in [0.25, 0.3) is 0 Å². The summed E-state index contributed by atoms with van der Waals surface area (Å²) >= 11 is 0. The Balaban J connectivity index is 2.48. The molecule has 0 radical (unpaired) electrons. The van der Waals surface area contributed by atoms with Crippen LogP contribution in [0.5, 0.6) is 0 Å². The molecule has 34 heavy (non-hydrogen) atoms. The van der Waals surface area contributed by atoms with Gasteiger partial charge < -0.3 is 26.8 Å². The lowest BCUT2D eigenvalue weighted by atomic mass is 10.1. The van der Waals surface area contributed by atoms with E-state index in [9.17, 15) is 33.6 Å². The van der Waals surface area contributed by atoms with Crippen molar-refractivity contribution in [1.29, 1.82) is 0 Å². The zero-order valence-electron chi connectivity index (χ0n) is 19.0. The average Bonchev–Trinajstić information content (AvgIpc) is 3.06. The monoisotopic (exact) mass is 481 g/mol. The molecule has 0 saturated carbocycles. The van der Waals surface area contributed by atoms with Gasteiger partial charge in [-0.2, -0.15) is 0 Å². The predicted molar refractivity (Wildman–Crippen MR) is 118 cm³/mol. The molecule has 1 rings (SSSR count). The van der Waals surface area contributed by atoms with Gasteiger partial charge in [0.1, 0.15) is 6.04 Å². The number of primary amides is 1. The summed E-state index contributed by atoms with van der Waals surface area (Å²) in [6, 6.07) is -3.01. The van der Waals surface area contributed by atoms with Crippen LogP contribution >= 0.6 is 0 Å². The average molecular weight is 482 g/mol. The van der Waals surface area contributed by atoms with Crippen molar-refractivity contribution in [3.63, 3.8) is 0 Å². The first-order valence-corrected chi connectivity index (χ1v) is 10.9. The Hall–Kier alpha value is -3.77. The Kier molecular flexibility index (Phi) is 12.0. The topological polar surface area (TPSA) is 205 Å². The largest absolute Gasteiger partial charge is 0.481 e. The Morgan fingerprint density at radius 2 is 1.62 bits per heavy atom. The van der Waals surface area contributed by atoms with Gasteiger partial charge in [-0.15, -0.1) is 0 Å². The number of nitrogens with zero attached hydrogens (tertiary/aromatic N) is 1. The highest BCUT2D eigenvalue weighted by molar-refractivity contribution is 6.12. The minimum atomic E-state index is -1.37. The zero-order chi connectivity index (χ0) is 25.7. The molecule has 2 atom stereocenters. The van der Waals surface area contributed by atoms with Gasteiger partial charge in [0.25, 0.3) is 11.8 Å². The molecule has 0 saturated heterocycles. The van der Waals surface area contributed by atoms with Gasteiger partial charge in [-0.3, -0.25) is 33.7 Å². The van der Waals surface area contributed by atoms with Gasteiger partial charge in [-0.25, -0.2) is 4.79 Å². The lowest BCUT2D eigenvalue weighted by molar-refractivity contribution is -0.141. The van der Waals surface area contributed by atoms with Crippen LogP contribution in [0.2, 0.25) is 0 Å². The molecule has 6 amide bonds. The van der Waals surface area contributed by atoms with Crippen molar-refractivity contribution in [1.82, 2.24) is 20.9 Å². The standard InChI is InChI=1S/C21H31N5O8/c1-13(27)14(6-5-10-23-21(22)34)25-20(33)15(12-19(31)32)24-16(28)7-3-2-4-11-26-17(29)8-9-18(26)30/h8-9,14-15H,2-7,10-12H2,1H3,(H,24,28)(H,25,33)(H,31,32)(H3,22,23,34)/t14-,15-/m0/s1. The molecule has 0 fully saturated rings. The summed E-state index contributed by atoms with van der Waals surface area (Å²) in [5.74, 6) is -3.77. The quantitative estimate of drug-likeness (QED) is 0.135. The lowest BCUT2D eigenvalue weighted by Gasteiger charge is -2.21. The molecule has 0 aromatic heterocycles. The van der Waals surface area contributed by atoms with Gasteiger partial charge >= 0.3 is 12.0 Å². The molecule has 6 N–H and O–H groups in total. The zero-order valence-corrected chi connectivity index (χ0v) is 19.0. The fraction of sp³-hybridized carbons (Fsp3) is 0.571. The third-order valence-corrected chi connectivity index (χ3v) is 4.99. The smallest absolute Gasteiger partial charge is 0.312 e. The predicted octanol–water partition coefficient (Wildman–Crippen LogP) is -1.05. The van der Waals surface area contributed by atoms with Crippen LogP contribution < -0.4 is 21.7 Å². The number of imide groups is 1. The van der Waals surface area contributed by atoms with E-state index in [-0.39, 0.29) is 43.5 Å². The van der Waals surface area contributed by atoms with Crippen molar-refractivity contribution >= 4 is 41.4 Å². The third-order valence-electron chi connectivity index (χ3n) is 4.99. The molecule has 0 aromatic rings. The lowest BCUT2D eigenvalue weighted by Crippen LogP contribution is -2.52. The second-order valence-electron chi connectivity index (χ2n) is 7.80. The molecule has 0 unspecified atom stereocenters. The van der Waals surface area contributed by atoms with E-state index in [4.69, 9.17) is 10.8 Å². The van der Waals surface area contributed by atoms with Gasteiger partial charge in [0.2, 0.25) is 11.8 Å². The van der Waals surface area contributed by atoms with E-state index in [1.165, 1.54) is 19.1 Å². The summed E-state index contributed by atoms with van der Waals surface area (Å²) in [5, 5.41) is 16.3. The molecular formula is C21H31N5O8. The number of nitrogens with two attached hydrogens (primary N) is 1. The summed E-state index contributed by atoms with van der Waals surface area (Å²) in [6.45, 7) is 1.69. The number of Topliss-reactive ketones (excluding diaryl/α,β-unsaturated/α-hetero) is 1. The van der Waals surface area contributed by atoms with Gasteiger partial charge in [-0.1, -0.05) is 6.42 Å². The van der Waals surface area contributed by atoms with Crippen molar-refractivity contribution in [3.05, 3.63) is 12.2 Å². The Morgan fingerprint density at radius 3 is 2.18 bits per heavy atom. The van der Waals surface area contributed by atoms with Crippen LogP contribution in [0.1, 0.15) is 51.9 Å². The molecule has 13 heteroatoms. The maximum atomic E-state index is 12.5. The van der Waals surface area contributed by atoms with Crippen molar-refractivity contribution in [2.75, 3.05) is 13.1 Å². The van der Waals surface area contributed by atoms with Gasteiger partial charge in [0.05, 0.1) is 12.5 Å². The van der Waals surface area contributed by atoms with Crippen molar-refractivity contribution < 1.29 is 38.7 Å². The normalized spacial score (nSPS) is 14.4. The summed E-state index contributed by atoms with van der Waals surface area (Å²) in [5.41, 5.74) is 4.96. The van der Waals surface area contributed by atoms with Crippen LogP contribution in [-0.4, -0.2) is 76.6 Å². The van der Waals surface area contributed by atoms with Crippen molar-refractivity contribution in [2.24, 2.45) is 5.73 Å². The maximum absolute atomic E-state index is 12.5. The number of carbonyl (C=O) groups excluding carboxylic acids is 6. The summed E-state index contributed by atoms with van der Waals surface area (Å²) in [6.07, 6.45) is 3.69. The first-order valence-electron chi connectivity index (χ1n) is 10.9. The number of nitrogens with one attached hydrogen (secondary N) is 3. The number of hydrogen-bond acceptors (Lipinski definition) is 7. The molecule has 13 nitrogen and oxygen atoms in total. The first kappa shape index (κ1) is 28.3. The number of carboxylic acids is 1. The number of urea groups is 1. The van der Waals surface area contributed by atoms with Crippen LogP contribution in [0.3, 0.4) is 0 Å². The van der Waals surface area contributed by atoms with Crippen LogP contribution in [-0.2, 0) is 28.8 Å². The fourth-order valence-electron chi connectivity index (χ4n) is 3.20. The Bertz CT molecular complexity index is 823. The molecule has 0 aliphatic carbocycles. The molecule has 188 valence electrons.